The Kier molecular flexibility index (Phi) is 6.86. The number of carboxylic acid groups (broad SMARTS) is 1. The van der Waals surface area contributed by atoms with Crippen LogP contribution in [0.25, 0.3) is 11.1 Å². The zero-order chi connectivity index (χ0) is 20.6. The van der Waals surface area contributed by atoms with Crippen LogP contribution in [-0.2, 0) is 17.2 Å². The van der Waals surface area contributed by atoms with E-state index in [1.54, 1.807) is 12.1 Å². The van der Waals surface area contributed by atoms with Crippen molar-refractivity contribution in [3.63, 3.8) is 0 Å². The molecule has 0 saturated carbocycles. The molecule has 148 valence electrons. The molecule has 0 aliphatic carbocycles. The normalized spacial score (nSPS) is 10.5. The number of carbonyl (C=O) groups is 1. The molecule has 0 aliphatic heterocycles. The van der Waals surface area contributed by atoms with Crippen molar-refractivity contribution in [3.05, 3.63) is 94.0 Å². The number of aliphatic carboxylic acids is 1. The summed E-state index contributed by atoms with van der Waals surface area (Å²) in [4.78, 5) is 21.4. The number of rotatable bonds is 9. The van der Waals surface area contributed by atoms with Gasteiger partial charge in [0.15, 0.2) is 5.75 Å². The summed E-state index contributed by atoms with van der Waals surface area (Å²) < 4.78 is 5.73. The first-order valence-electron chi connectivity index (χ1n) is 8.87. The molecule has 0 bridgehead atoms. The standard InChI is InChI=1S/C22H19NO5S/c24-22(25)15-29-14-17-8-11-20(23(26)27)21(12-17)28-13-16-6-9-19(10-7-16)18-4-2-1-3-5-18/h1-12H,13-15H2,(H,24,25). The molecule has 7 heteroatoms. The van der Waals surface area contributed by atoms with Gasteiger partial charge in [0, 0.05) is 11.8 Å². The molecule has 29 heavy (non-hydrogen) atoms. The van der Waals surface area contributed by atoms with Gasteiger partial charge in [-0.25, -0.2) is 0 Å². The highest BCUT2D eigenvalue weighted by Gasteiger charge is 2.16. The second-order valence-corrected chi connectivity index (χ2v) is 7.28. The second kappa shape index (κ2) is 9.75. The largest absolute Gasteiger partial charge is 0.482 e. The third-order valence-corrected chi connectivity index (χ3v) is 5.16. The Bertz CT molecular complexity index is 990. The number of hydrogen-bond donors (Lipinski definition) is 1. The van der Waals surface area contributed by atoms with Crippen LogP contribution < -0.4 is 4.74 Å². The van der Waals surface area contributed by atoms with Crippen molar-refractivity contribution in [2.45, 2.75) is 12.4 Å². The predicted octanol–water partition coefficient (Wildman–Crippen LogP) is 5.16. The molecule has 1 N–H and O–H groups in total. The van der Waals surface area contributed by atoms with Crippen LogP contribution in [0, 0.1) is 10.1 Å². The summed E-state index contributed by atoms with van der Waals surface area (Å²) in [6, 6.07) is 22.4. The molecule has 0 aromatic heterocycles. The molecule has 3 aromatic carbocycles. The van der Waals surface area contributed by atoms with E-state index in [9.17, 15) is 14.9 Å². The lowest BCUT2D eigenvalue weighted by molar-refractivity contribution is -0.386. The Morgan fingerprint density at radius 1 is 0.966 bits per heavy atom. The Morgan fingerprint density at radius 3 is 2.28 bits per heavy atom. The Balaban J connectivity index is 1.69. The molecule has 6 nitrogen and oxygen atoms in total. The van der Waals surface area contributed by atoms with E-state index in [4.69, 9.17) is 9.84 Å². The highest BCUT2D eigenvalue weighted by atomic mass is 32.2. The number of benzene rings is 3. The van der Waals surface area contributed by atoms with Gasteiger partial charge in [-0.05, 0) is 28.3 Å². The van der Waals surface area contributed by atoms with Gasteiger partial charge in [-0.1, -0.05) is 60.7 Å². The van der Waals surface area contributed by atoms with E-state index in [0.29, 0.717) is 5.75 Å². The first kappa shape index (κ1) is 20.4. The first-order chi connectivity index (χ1) is 14.0. The monoisotopic (exact) mass is 409 g/mol. The lowest BCUT2D eigenvalue weighted by atomic mass is 10.0. The number of nitrogens with zero attached hydrogens (tertiary/aromatic N) is 1. The molecule has 0 atom stereocenters. The van der Waals surface area contributed by atoms with Gasteiger partial charge in [-0.2, -0.15) is 0 Å². The third kappa shape index (κ3) is 5.83. The van der Waals surface area contributed by atoms with E-state index in [1.165, 1.54) is 17.8 Å². The van der Waals surface area contributed by atoms with Gasteiger partial charge in [0.05, 0.1) is 10.7 Å². The zero-order valence-corrected chi connectivity index (χ0v) is 16.3. The summed E-state index contributed by atoms with van der Waals surface area (Å²) >= 11 is 1.23. The van der Waals surface area contributed by atoms with Crippen LogP contribution in [0.4, 0.5) is 5.69 Å². The molecule has 0 heterocycles. The average Bonchev–Trinajstić information content (AvgIpc) is 2.73. The van der Waals surface area contributed by atoms with Gasteiger partial charge in [0.2, 0.25) is 0 Å². The van der Waals surface area contributed by atoms with Crippen LogP contribution in [0.1, 0.15) is 11.1 Å². The van der Waals surface area contributed by atoms with Gasteiger partial charge in [-0.3, -0.25) is 14.9 Å². The smallest absolute Gasteiger partial charge is 0.313 e. The summed E-state index contributed by atoms with van der Waals surface area (Å²) in [6.45, 7) is 0.196. The van der Waals surface area contributed by atoms with E-state index < -0.39 is 10.9 Å². The minimum absolute atomic E-state index is 0.0268. The molecule has 0 aliphatic rings. The molecule has 0 fully saturated rings. The van der Waals surface area contributed by atoms with E-state index in [-0.39, 0.29) is 23.8 Å². The lowest BCUT2D eigenvalue weighted by Gasteiger charge is -2.10. The summed E-state index contributed by atoms with van der Waals surface area (Å²) in [6.07, 6.45) is 0. The highest BCUT2D eigenvalue weighted by molar-refractivity contribution is 7.99. The van der Waals surface area contributed by atoms with Crippen LogP contribution >= 0.6 is 11.8 Å². The lowest BCUT2D eigenvalue weighted by Crippen LogP contribution is -2.01. The Hall–Kier alpha value is -3.32. The van der Waals surface area contributed by atoms with Crippen LogP contribution in [-0.4, -0.2) is 21.8 Å². The molecule has 3 aromatic rings. The van der Waals surface area contributed by atoms with Crippen molar-refractivity contribution in [1.82, 2.24) is 0 Å². The fourth-order valence-corrected chi connectivity index (χ4v) is 3.45. The summed E-state index contributed by atoms with van der Waals surface area (Å²) in [5, 5.41) is 20.0. The number of ether oxygens (including phenoxy) is 1. The van der Waals surface area contributed by atoms with Crippen LogP contribution in [0.15, 0.2) is 72.8 Å². The van der Waals surface area contributed by atoms with Crippen LogP contribution in [0.2, 0.25) is 0 Å². The summed E-state index contributed by atoms with van der Waals surface area (Å²) in [5.74, 6) is -0.309. The molecule has 0 unspecified atom stereocenters. The SMILES string of the molecule is O=C(O)CSCc1ccc([N+](=O)[O-])c(OCc2ccc(-c3ccccc3)cc2)c1. The van der Waals surface area contributed by atoms with E-state index in [2.05, 4.69) is 0 Å². The minimum Gasteiger partial charge on any atom is -0.482 e. The first-order valence-corrected chi connectivity index (χ1v) is 10.0. The number of carboxylic acids is 1. The van der Waals surface area contributed by atoms with Gasteiger partial charge >= 0.3 is 11.7 Å². The summed E-state index contributed by atoms with van der Waals surface area (Å²) in [5.41, 5.74) is 3.75. The predicted molar refractivity (Wildman–Crippen MR) is 113 cm³/mol. The molecule has 0 radical (unpaired) electrons. The van der Waals surface area contributed by atoms with Gasteiger partial charge in [-0.15, -0.1) is 11.8 Å². The quantitative estimate of drug-likeness (QED) is 0.388. The van der Waals surface area contributed by atoms with Gasteiger partial charge in [0.1, 0.15) is 6.61 Å². The maximum Gasteiger partial charge on any atom is 0.313 e. The van der Waals surface area contributed by atoms with Crippen molar-refractivity contribution in [1.29, 1.82) is 0 Å². The summed E-state index contributed by atoms with van der Waals surface area (Å²) in [7, 11) is 0. The maximum absolute atomic E-state index is 11.3. The van der Waals surface area contributed by atoms with Crippen molar-refractivity contribution >= 4 is 23.4 Å². The topological polar surface area (TPSA) is 89.7 Å². The van der Waals surface area contributed by atoms with Crippen LogP contribution in [0.3, 0.4) is 0 Å². The average molecular weight is 409 g/mol. The minimum atomic E-state index is -0.896. The van der Waals surface area contributed by atoms with Gasteiger partial charge < -0.3 is 9.84 Å². The Morgan fingerprint density at radius 2 is 1.62 bits per heavy atom. The van der Waals surface area contributed by atoms with Crippen molar-refractivity contribution in [2.24, 2.45) is 0 Å². The fourth-order valence-electron chi connectivity index (χ4n) is 2.76. The zero-order valence-electron chi connectivity index (χ0n) is 15.5. The molecule has 0 spiro atoms. The molecular weight excluding hydrogens is 390 g/mol. The number of thioether (sulfide) groups is 1. The van der Waals surface area contributed by atoms with Gasteiger partial charge in [0.25, 0.3) is 0 Å². The molecular formula is C22H19NO5S. The van der Waals surface area contributed by atoms with E-state index in [0.717, 1.165) is 22.3 Å². The van der Waals surface area contributed by atoms with Crippen molar-refractivity contribution in [2.75, 3.05) is 5.75 Å². The number of hydrogen-bond acceptors (Lipinski definition) is 5. The number of nitro groups is 1. The van der Waals surface area contributed by atoms with Crippen molar-refractivity contribution in [3.8, 4) is 16.9 Å². The van der Waals surface area contributed by atoms with E-state index in [1.807, 2.05) is 54.6 Å². The Labute approximate surface area is 172 Å². The fraction of sp³-hybridized carbons (Fsp3) is 0.136. The third-order valence-electron chi connectivity index (χ3n) is 4.17. The number of nitro benzene ring substituents is 1. The maximum atomic E-state index is 11.3. The molecule has 3 rings (SSSR count). The highest BCUT2D eigenvalue weighted by Crippen LogP contribution is 2.30. The van der Waals surface area contributed by atoms with Crippen LogP contribution in [0.5, 0.6) is 5.75 Å². The van der Waals surface area contributed by atoms with E-state index >= 15 is 0 Å². The molecule has 0 saturated heterocycles. The second-order valence-electron chi connectivity index (χ2n) is 6.30. The van der Waals surface area contributed by atoms with Crippen molar-refractivity contribution < 1.29 is 19.6 Å². The molecule has 0 amide bonds.